The molecule has 1 rings (SSSR count). The van der Waals surface area contributed by atoms with Crippen LogP contribution in [0.1, 0.15) is 46.5 Å². The Balaban J connectivity index is 2.46. The van der Waals surface area contributed by atoms with E-state index in [2.05, 4.69) is 20.8 Å². The van der Waals surface area contributed by atoms with Gasteiger partial charge in [-0.3, -0.25) is 0 Å². The molecule has 0 aromatic rings. The van der Waals surface area contributed by atoms with Crippen LogP contribution in [0, 0.1) is 0 Å². The molecule has 0 spiro atoms. The average molecular weight is 164 g/mol. The second kappa shape index (κ2) is 4.39. The van der Waals surface area contributed by atoms with Crippen molar-refractivity contribution in [1.82, 2.24) is 0 Å². The molecule has 1 saturated heterocycles. The Labute approximate surface area is 79.0 Å². The fourth-order valence-corrected chi connectivity index (χ4v) is 3.08. The summed E-state index contributed by atoms with van der Waals surface area (Å²) in [5.74, 6) is 0.898. The Kier molecular flexibility index (Phi) is 3.74. The van der Waals surface area contributed by atoms with Crippen molar-refractivity contribution in [3.63, 3.8) is 0 Å². The third-order valence-electron chi connectivity index (χ3n) is 3.29. The lowest BCUT2D eigenvalue weighted by molar-refractivity contribution is 0.618. The van der Waals surface area contributed by atoms with E-state index >= 15 is 0 Å². The number of hydrogen-bond donors (Lipinski definition) is 0. The molecule has 1 unspecified atom stereocenters. The standard InChI is InChI=1S/C10H22B2/c1-4-6-10(12-9(2)3)7-5-8-11-10/h9,11-12H,4-8H2,1-3H3. The maximum Gasteiger partial charge on any atom is 0.122 e. The quantitative estimate of drug-likeness (QED) is 0.560. The lowest BCUT2D eigenvalue weighted by atomic mass is 9.31. The van der Waals surface area contributed by atoms with Gasteiger partial charge in [0.05, 0.1) is 0 Å². The van der Waals surface area contributed by atoms with E-state index in [1.54, 1.807) is 0 Å². The highest BCUT2D eigenvalue weighted by molar-refractivity contribution is 6.63. The molecule has 0 radical (unpaired) electrons. The Bertz CT molecular complexity index is 126. The van der Waals surface area contributed by atoms with E-state index < -0.39 is 0 Å². The lowest BCUT2D eigenvalue weighted by Gasteiger charge is -2.29. The highest BCUT2D eigenvalue weighted by atomic mass is 14.2. The second-order valence-electron chi connectivity index (χ2n) is 5.06. The molecule has 0 aromatic heterocycles. The van der Waals surface area contributed by atoms with E-state index in [-0.39, 0.29) is 0 Å². The minimum Gasteiger partial charge on any atom is -0.0776 e. The minimum absolute atomic E-state index is 0.767. The van der Waals surface area contributed by atoms with Gasteiger partial charge in [0.25, 0.3) is 0 Å². The molecular formula is C10H22B2. The molecular weight excluding hydrogens is 142 g/mol. The summed E-state index contributed by atoms with van der Waals surface area (Å²) in [7, 11) is 2.99. The molecule has 1 aliphatic rings. The summed E-state index contributed by atoms with van der Waals surface area (Å²) in [5, 5.41) is 0.767. The van der Waals surface area contributed by atoms with Crippen LogP contribution in [-0.2, 0) is 0 Å². The Morgan fingerprint density at radius 1 is 1.50 bits per heavy atom. The van der Waals surface area contributed by atoms with Gasteiger partial charge in [0.2, 0.25) is 0 Å². The van der Waals surface area contributed by atoms with Crippen LogP contribution >= 0.6 is 0 Å². The summed E-state index contributed by atoms with van der Waals surface area (Å²) in [4.78, 5) is 0. The molecule has 0 N–H and O–H groups in total. The first-order valence-electron chi connectivity index (χ1n) is 5.68. The van der Waals surface area contributed by atoms with E-state index in [9.17, 15) is 0 Å². The topological polar surface area (TPSA) is 0 Å². The van der Waals surface area contributed by atoms with Crippen LogP contribution in [0.25, 0.3) is 0 Å². The van der Waals surface area contributed by atoms with E-state index in [4.69, 9.17) is 0 Å². The second-order valence-corrected chi connectivity index (χ2v) is 5.06. The van der Waals surface area contributed by atoms with Gasteiger partial charge in [-0.1, -0.05) is 63.8 Å². The van der Waals surface area contributed by atoms with Crippen molar-refractivity contribution in [2.24, 2.45) is 0 Å². The first kappa shape index (κ1) is 10.2. The van der Waals surface area contributed by atoms with Gasteiger partial charge in [-0.2, -0.15) is 0 Å². The van der Waals surface area contributed by atoms with Gasteiger partial charge in [-0.15, -0.1) is 0 Å². The molecule has 1 aliphatic heterocycles. The highest BCUT2D eigenvalue weighted by Crippen LogP contribution is 2.44. The van der Waals surface area contributed by atoms with Crippen molar-refractivity contribution in [1.29, 1.82) is 0 Å². The Hall–Kier alpha value is 0.130. The van der Waals surface area contributed by atoms with Gasteiger partial charge in [0.1, 0.15) is 14.6 Å². The normalized spacial score (nSPS) is 29.0. The summed E-state index contributed by atoms with van der Waals surface area (Å²) in [6.45, 7) is 7.08. The highest BCUT2D eigenvalue weighted by Gasteiger charge is 2.34. The Morgan fingerprint density at radius 3 is 2.67 bits per heavy atom. The molecule has 1 atom stereocenters. The zero-order chi connectivity index (χ0) is 9.03. The maximum atomic E-state index is 2.37. The van der Waals surface area contributed by atoms with Crippen LogP contribution in [-0.4, -0.2) is 14.6 Å². The number of rotatable bonds is 4. The van der Waals surface area contributed by atoms with E-state index in [1.807, 2.05) is 0 Å². The van der Waals surface area contributed by atoms with Crippen molar-refractivity contribution in [2.75, 3.05) is 0 Å². The fourth-order valence-electron chi connectivity index (χ4n) is 3.08. The van der Waals surface area contributed by atoms with Crippen LogP contribution in [0.5, 0.6) is 0 Å². The summed E-state index contributed by atoms with van der Waals surface area (Å²) < 4.78 is 0. The van der Waals surface area contributed by atoms with Gasteiger partial charge in [-0.25, -0.2) is 0 Å². The zero-order valence-electron chi connectivity index (χ0n) is 9.03. The SMILES string of the molecule is CCCC1(BC(C)C)BCCC1. The van der Waals surface area contributed by atoms with Crippen molar-refractivity contribution in [3.05, 3.63) is 0 Å². The smallest absolute Gasteiger partial charge is 0.0776 e. The first-order chi connectivity index (χ1) is 5.68. The van der Waals surface area contributed by atoms with Crippen molar-refractivity contribution < 1.29 is 0 Å². The zero-order valence-corrected chi connectivity index (χ0v) is 9.03. The van der Waals surface area contributed by atoms with Gasteiger partial charge >= 0.3 is 0 Å². The van der Waals surface area contributed by atoms with Crippen LogP contribution in [0.3, 0.4) is 0 Å². The average Bonchev–Trinajstić information content (AvgIpc) is 2.36. The monoisotopic (exact) mass is 164 g/mol. The van der Waals surface area contributed by atoms with Crippen LogP contribution in [0.2, 0.25) is 17.4 Å². The first-order valence-corrected chi connectivity index (χ1v) is 5.68. The van der Waals surface area contributed by atoms with Crippen LogP contribution in [0.15, 0.2) is 0 Å². The van der Waals surface area contributed by atoms with Crippen molar-refractivity contribution >= 4 is 14.6 Å². The third-order valence-corrected chi connectivity index (χ3v) is 3.29. The number of hydrogen-bond acceptors (Lipinski definition) is 0. The molecule has 0 aliphatic carbocycles. The van der Waals surface area contributed by atoms with E-state index in [0.717, 1.165) is 11.0 Å². The van der Waals surface area contributed by atoms with Crippen LogP contribution in [0.4, 0.5) is 0 Å². The van der Waals surface area contributed by atoms with E-state index in [0.29, 0.717) is 0 Å². The summed E-state index contributed by atoms with van der Waals surface area (Å²) in [6, 6.07) is 0. The van der Waals surface area contributed by atoms with Gasteiger partial charge < -0.3 is 0 Å². The lowest BCUT2D eigenvalue weighted by Crippen LogP contribution is -2.24. The minimum atomic E-state index is 0.767. The molecule has 68 valence electrons. The predicted molar refractivity (Wildman–Crippen MR) is 61.0 cm³/mol. The summed E-state index contributed by atoms with van der Waals surface area (Å²) in [6.07, 6.45) is 7.36. The summed E-state index contributed by atoms with van der Waals surface area (Å²) in [5.41, 5.74) is 0. The fraction of sp³-hybridized carbons (Fsp3) is 1.00. The van der Waals surface area contributed by atoms with Crippen molar-refractivity contribution in [3.8, 4) is 0 Å². The van der Waals surface area contributed by atoms with Gasteiger partial charge in [-0.05, 0) is 0 Å². The van der Waals surface area contributed by atoms with E-state index in [1.165, 1.54) is 46.6 Å². The predicted octanol–water partition coefficient (Wildman–Crippen LogP) is 2.82. The molecule has 12 heavy (non-hydrogen) atoms. The van der Waals surface area contributed by atoms with Gasteiger partial charge in [0, 0.05) is 0 Å². The molecule has 0 bridgehead atoms. The molecule has 0 nitrogen and oxygen atoms in total. The third kappa shape index (κ3) is 2.57. The molecule has 0 saturated carbocycles. The Morgan fingerprint density at radius 2 is 2.25 bits per heavy atom. The largest absolute Gasteiger partial charge is 0.122 e. The van der Waals surface area contributed by atoms with Crippen molar-refractivity contribution in [2.45, 2.75) is 63.8 Å². The molecule has 0 aromatic carbocycles. The molecule has 2 heteroatoms. The molecule has 0 amide bonds. The van der Waals surface area contributed by atoms with Gasteiger partial charge in [0.15, 0.2) is 0 Å². The molecule has 1 heterocycles. The summed E-state index contributed by atoms with van der Waals surface area (Å²) >= 11 is 0. The molecule has 1 fully saturated rings. The maximum absolute atomic E-state index is 2.37. The van der Waals surface area contributed by atoms with Crippen LogP contribution < -0.4 is 0 Å².